The van der Waals surface area contributed by atoms with Crippen molar-refractivity contribution in [2.75, 3.05) is 11.9 Å². The zero-order valence-corrected chi connectivity index (χ0v) is 13.2. The Balaban J connectivity index is 1.71. The van der Waals surface area contributed by atoms with Crippen LogP contribution in [0.25, 0.3) is 0 Å². The minimum atomic E-state index is -4.55. The summed E-state index contributed by atoms with van der Waals surface area (Å²) in [7, 11) is 0. The Hall–Kier alpha value is -2.10. The van der Waals surface area contributed by atoms with Crippen LogP contribution in [0.4, 0.5) is 23.7 Å². The molecule has 0 radical (unpaired) electrons. The number of hydrogen-bond donors (Lipinski definition) is 1. The van der Waals surface area contributed by atoms with E-state index in [1.807, 2.05) is 0 Å². The molecule has 3 rings (SSSR count). The van der Waals surface area contributed by atoms with Crippen molar-refractivity contribution in [1.82, 2.24) is 19.7 Å². The number of nitrogens with zero attached hydrogens (tertiary/aromatic N) is 4. The minimum absolute atomic E-state index is 0.00490. The molecule has 0 aliphatic carbocycles. The molecule has 0 atom stereocenters. The van der Waals surface area contributed by atoms with E-state index in [-0.39, 0.29) is 25.5 Å². The number of fused-ring (bicyclic) bond motifs is 1. The fraction of sp³-hybridized carbons (Fsp3) is 0.308. The smallest absolute Gasteiger partial charge is 0.315 e. The second-order valence-corrected chi connectivity index (χ2v) is 5.86. The first-order valence-corrected chi connectivity index (χ1v) is 7.44. The number of hydrogen-bond acceptors (Lipinski definition) is 3. The van der Waals surface area contributed by atoms with Gasteiger partial charge in [0.25, 0.3) is 0 Å². The third kappa shape index (κ3) is 3.31. The van der Waals surface area contributed by atoms with Crippen molar-refractivity contribution in [1.29, 1.82) is 0 Å². The zero-order chi connectivity index (χ0) is 16.6. The Morgan fingerprint density at radius 1 is 1.17 bits per heavy atom. The summed E-state index contributed by atoms with van der Waals surface area (Å²) in [6, 6.07) is 6.60. The molecule has 2 aromatic rings. The molecule has 0 unspecified atom stereocenters. The molecule has 2 amide bonds. The molecule has 0 saturated heterocycles. The summed E-state index contributed by atoms with van der Waals surface area (Å²) >= 11 is 3.29. The van der Waals surface area contributed by atoms with Crippen molar-refractivity contribution >= 4 is 27.6 Å². The normalized spacial score (nSPS) is 14.5. The number of amides is 2. The maximum Gasteiger partial charge on any atom is 0.451 e. The van der Waals surface area contributed by atoms with Gasteiger partial charge in [-0.2, -0.15) is 13.2 Å². The van der Waals surface area contributed by atoms with Gasteiger partial charge in [0.05, 0.1) is 6.54 Å². The van der Waals surface area contributed by atoms with E-state index in [2.05, 4.69) is 31.4 Å². The lowest BCUT2D eigenvalue weighted by atomic mass is 10.3. The number of halogens is 4. The van der Waals surface area contributed by atoms with Gasteiger partial charge in [0.15, 0.2) is 5.82 Å². The Labute approximate surface area is 137 Å². The van der Waals surface area contributed by atoms with Gasteiger partial charge in [-0.1, -0.05) is 15.9 Å². The van der Waals surface area contributed by atoms with Gasteiger partial charge >= 0.3 is 12.2 Å². The second kappa shape index (κ2) is 5.84. The van der Waals surface area contributed by atoms with Gasteiger partial charge < -0.3 is 14.8 Å². The molecule has 0 fully saturated rings. The summed E-state index contributed by atoms with van der Waals surface area (Å²) < 4.78 is 40.2. The van der Waals surface area contributed by atoms with E-state index in [4.69, 9.17) is 0 Å². The summed E-state index contributed by atoms with van der Waals surface area (Å²) in [5, 5.41) is 9.41. The van der Waals surface area contributed by atoms with Crippen LogP contribution in [0, 0.1) is 0 Å². The highest BCUT2D eigenvalue weighted by atomic mass is 79.9. The first-order chi connectivity index (χ1) is 10.8. The standard InChI is InChI=1S/C13H11BrF3N5O/c14-8-1-3-9(4-2-8)18-12(23)21-5-6-22-10(7-21)19-20-11(22)13(15,16)17/h1-4H,5-7H2,(H,18,23). The number of alkyl halides is 3. The first kappa shape index (κ1) is 15.8. The number of anilines is 1. The van der Waals surface area contributed by atoms with Crippen LogP contribution < -0.4 is 5.32 Å². The van der Waals surface area contributed by atoms with Crippen molar-refractivity contribution in [2.45, 2.75) is 19.3 Å². The van der Waals surface area contributed by atoms with Crippen LogP contribution in [0.2, 0.25) is 0 Å². The average Bonchev–Trinajstić information content (AvgIpc) is 2.92. The zero-order valence-electron chi connectivity index (χ0n) is 11.6. The molecule has 1 aliphatic heterocycles. The molecular formula is C13H11BrF3N5O. The van der Waals surface area contributed by atoms with Crippen LogP contribution in [0.3, 0.4) is 0 Å². The quantitative estimate of drug-likeness (QED) is 0.814. The maximum absolute atomic E-state index is 12.8. The Bertz CT molecular complexity index is 728. The number of carbonyl (C=O) groups excluding carboxylic acids is 1. The van der Waals surface area contributed by atoms with Crippen molar-refractivity contribution < 1.29 is 18.0 Å². The fourth-order valence-corrected chi connectivity index (χ4v) is 2.54. The van der Waals surface area contributed by atoms with Crippen LogP contribution >= 0.6 is 15.9 Å². The van der Waals surface area contributed by atoms with Gasteiger partial charge in [-0.25, -0.2) is 4.79 Å². The van der Waals surface area contributed by atoms with Crippen molar-refractivity contribution in [3.63, 3.8) is 0 Å². The molecule has 1 aliphatic rings. The lowest BCUT2D eigenvalue weighted by molar-refractivity contribution is -0.147. The topological polar surface area (TPSA) is 63.1 Å². The van der Waals surface area contributed by atoms with Crippen LogP contribution in [0.1, 0.15) is 11.6 Å². The molecule has 10 heteroatoms. The first-order valence-electron chi connectivity index (χ1n) is 6.65. The maximum atomic E-state index is 12.8. The number of urea groups is 1. The van der Waals surface area contributed by atoms with Gasteiger partial charge in [-0.05, 0) is 24.3 Å². The average molecular weight is 390 g/mol. The molecule has 1 aromatic carbocycles. The molecule has 1 N–H and O–H groups in total. The van der Waals surface area contributed by atoms with Gasteiger partial charge in [0.1, 0.15) is 0 Å². The second-order valence-electron chi connectivity index (χ2n) is 4.95. The van der Waals surface area contributed by atoms with Gasteiger partial charge in [0.2, 0.25) is 5.82 Å². The molecule has 0 saturated carbocycles. The summed E-state index contributed by atoms with van der Waals surface area (Å²) in [4.78, 5) is 13.6. The largest absolute Gasteiger partial charge is 0.451 e. The highest BCUT2D eigenvalue weighted by molar-refractivity contribution is 9.10. The predicted octanol–water partition coefficient (Wildman–Crippen LogP) is 3.11. The highest BCUT2D eigenvalue weighted by Gasteiger charge is 2.39. The van der Waals surface area contributed by atoms with Crippen LogP contribution in [0.5, 0.6) is 0 Å². The molecule has 23 heavy (non-hydrogen) atoms. The Morgan fingerprint density at radius 3 is 2.52 bits per heavy atom. The molecule has 0 bridgehead atoms. The lowest BCUT2D eigenvalue weighted by Crippen LogP contribution is -2.41. The van der Waals surface area contributed by atoms with Crippen molar-refractivity contribution in [3.05, 3.63) is 40.4 Å². The summed E-state index contributed by atoms with van der Waals surface area (Å²) in [6.45, 7) is 0.132. The number of carbonyl (C=O) groups is 1. The summed E-state index contributed by atoms with van der Waals surface area (Å²) in [6.07, 6.45) is -4.55. The van der Waals surface area contributed by atoms with Crippen LogP contribution in [0.15, 0.2) is 28.7 Å². The van der Waals surface area contributed by atoms with E-state index in [1.165, 1.54) is 4.90 Å². The van der Waals surface area contributed by atoms with Crippen molar-refractivity contribution in [2.24, 2.45) is 0 Å². The molecule has 2 heterocycles. The van der Waals surface area contributed by atoms with E-state index < -0.39 is 18.0 Å². The molecule has 6 nitrogen and oxygen atoms in total. The van der Waals surface area contributed by atoms with E-state index in [0.29, 0.717) is 5.69 Å². The third-order valence-electron chi connectivity index (χ3n) is 3.39. The number of benzene rings is 1. The fourth-order valence-electron chi connectivity index (χ4n) is 2.28. The Morgan fingerprint density at radius 2 is 1.87 bits per heavy atom. The number of nitrogens with one attached hydrogen (secondary N) is 1. The number of rotatable bonds is 1. The molecule has 1 aromatic heterocycles. The van der Waals surface area contributed by atoms with E-state index in [1.54, 1.807) is 24.3 Å². The third-order valence-corrected chi connectivity index (χ3v) is 3.92. The molecule has 0 spiro atoms. The molecule has 122 valence electrons. The highest BCUT2D eigenvalue weighted by Crippen LogP contribution is 2.29. The summed E-state index contributed by atoms with van der Waals surface area (Å²) in [5.74, 6) is -0.907. The predicted molar refractivity (Wildman–Crippen MR) is 78.6 cm³/mol. The SMILES string of the molecule is O=C(Nc1ccc(Br)cc1)N1CCn2c(nnc2C(F)(F)F)C1. The number of aromatic nitrogens is 3. The van der Waals surface area contributed by atoms with E-state index >= 15 is 0 Å². The minimum Gasteiger partial charge on any atom is -0.315 e. The molecular weight excluding hydrogens is 379 g/mol. The van der Waals surface area contributed by atoms with Gasteiger partial charge in [0, 0.05) is 23.2 Å². The monoisotopic (exact) mass is 389 g/mol. The lowest BCUT2D eigenvalue weighted by Gasteiger charge is -2.28. The van der Waals surface area contributed by atoms with E-state index in [0.717, 1.165) is 9.04 Å². The van der Waals surface area contributed by atoms with E-state index in [9.17, 15) is 18.0 Å². The van der Waals surface area contributed by atoms with Gasteiger partial charge in [-0.15, -0.1) is 10.2 Å². The van der Waals surface area contributed by atoms with Crippen LogP contribution in [-0.2, 0) is 19.3 Å². The summed E-state index contributed by atoms with van der Waals surface area (Å²) in [5.41, 5.74) is 0.598. The van der Waals surface area contributed by atoms with Crippen molar-refractivity contribution in [3.8, 4) is 0 Å². The Kier molecular flexibility index (Phi) is 4.00. The van der Waals surface area contributed by atoms with Gasteiger partial charge in [-0.3, -0.25) is 0 Å². The van der Waals surface area contributed by atoms with Crippen LogP contribution in [-0.4, -0.2) is 32.2 Å².